The van der Waals surface area contributed by atoms with Crippen molar-refractivity contribution in [3.63, 3.8) is 0 Å². The van der Waals surface area contributed by atoms with Crippen LogP contribution in [0.4, 0.5) is 27.8 Å². The molecule has 3 aromatic heterocycles. The second-order valence-corrected chi connectivity index (χ2v) is 7.88. The minimum Gasteiger partial charge on any atom is -0.303 e. The first-order valence-electron chi connectivity index (χ1n) is 9.64. The number of nitrogens with one attached hydrogen (secondary N) is 1. The van der Waals surface area contributed by atoms with Crippen LogP contribution in [-0.2, 0) is 12.7 Å². The van der Waals surface area contributed by atoms with Gasteiger partial charge in [0.1, 0.15) is 0 Å². The third-order valence-corrected chi connectivity index (χ3v) is 5.48. The van der Waals surface area contributed by atoms with Crippen molar-refractivity contribution in [1.82, 2.24) is 19.3 Å². The van der Waals surface area contributed by atoms with Crippen molar-refractivity contribution in [3.8, 4) is 0 Å². The van der Waals surface area contributed by atoms with Crippen molar-refractivity contribution in [2.24, 2.45) is 0 Å². The summed E-state index contributed by atoms with van der Waals surface area (Å²) in [4.78, 5) is 22.6. The molecule has 1 saturated heterocycles. The summed E-state index contributed by atoms with van der Waals surface area (Å²) in [5, 5.41) is 2.01. The summed E-state index contributed by atoms with van der Waals surface area (Å²) < 4.78 is 66.8. The minimum atomic E-state index is -4.62. The molecule has 0 unspecified atom stereocenters. The number of rotatable bonds is 4. The van der Waals surface area contributed by atoms with Crippen LogP contribution < -0.4 is 5.32 Å². The molecule has 1 aliphatic rings. The number of anilines is 1. The zero-order valence-corrected chi connectivity index (χ0v) is 17.2. The van der Waals surface area contributed by atoms with Crippen LogP contribution in [0.2, 0.25) is 5.02 Å². The summed E-state index contributed by atoms with van der Waals surface area (Å²) in [7, 11) is 0. The van der Waals surface area contributed by atoms with Gasteiger partial charge in [0.2, 0.25) is 5.82 Å². The third kappa shape index (κ3) is 4.68. The molecule has 0 saturated carbocycles. The van der Waals surface area contributed by atoms with Gasteiger partial charge in [-0.25, -0.2) is 18.7 Å². The number of aromatic nitrogens is 3. The number of piperidine rings is 1. The number of carbonyl (C=O) groups excluding carboxylic acids is 1. The van der Waals surface area contributed by atoms with Gasteiger partial charge in [0.25, 0.3) is 11.8 Å². The van der Waals surface area contributed by atoms with Crippen LogP contribution in [0.3, 0.4) is 0 Å². The number of fused-ring (bicyclic) bond motifs is 1. The number of imidazole rings is 1. The Morgan fingerprint density at radius 1 is 1.22 bits per heavy atom. The Kier molecular flexibility index (Phi) is 5.80. The quantitative estimate of drug-likeness (QED) is 0.548. The first-order chi connectivity index (χ1) is 15.0. The summed E-state index contributed by atoms with van der Waals surface area (Å²) >= 11 is 5.87. The lowest BCUT2D eigenvalue weighted by Crippen LogP contribution is -2.38. The number of hydrogen-bond donors (Lipinski definition) is 1. The first-order valence-corrected chi connectivity index (χ1v) is 10.0. The molecule has 4 rings (SSSR count). The molecule has 12 heteroatoms. The van der Waals surface area contributed by atoms with Gasteiger partial charge < -0.3 is 5.32 Å². The molecule has 3 aromatic rings. The van der Waals surface area contributed by atoms with Gasteiger partial charge in [-0.2, -0.15) is 13.2 Å². The van der Waals surface area contributed by atoms with Crippen LogP contribution in [0.5, 0.6) is 0 Å². The summed E-state index contributed by atoms with van der Waals surface area (Å²) in [5.41, 5.74) is 0.0926. The standard InChI is InChI=1S/C20H17ClF5N5O/c21-13-9-12(20(24,25)26)10-27-16(13)29-18(32)17-28-14(15-3-1-2-6-31(15)17)11-30-7-4-19(22,23)5-8-30/h1-3,6,9-10H,4-5,7-8,11H2,(H,27,29,32). The van der Waals surface area contributed by atoms with Gasteiger partial charge >= 0.3 is 6.18 Å². The summed E-state index contributed by atoms with van der Waals surface area (Å²) in [6.45, 7) is 0.674. The van der Waals surface area contributed by atoms with E-state index in [2.05, 4.69) is 15.3 Å². The highest BCUT2D eigenvalue weighted by Gasteiger charge is 2.34. The maximum Gasteiger partial charge on any atom is 0.417 e. The van der Waals surface area contributed by atoms with Crippen LogP contribution in [0, 0.1) is 0 Å². The second-order valence-electron chi connectivity index (χ2n) is 7.48. The lowest BCUT2D eigenvalue weighted by molar-refractivity contribution is -0.137. The molecule has 4 heterocycles. The van der Waals surface area contributed by atoms with Crippen LogP contribution >= 0.6 is 11.6 Å². The number of likely N-dealkylation sites (tertiary alicyclic amines) is 1. The molecule has 0 atom stereocenters. The predicted molar refractivity (Wildman–Crippen MR) is 107 cm³/mol. The highest BCUT2D eigenvalue weighted by Crippen LogP contribution is 2.33. The van der Waals surface area contributed by atoms with Gasteiger partial charge in [0.05, 0.1) is 21.8 Å². The SMILES string of the molecule is O=C(Nc1ncc(C(F)(F)F)cc1Cl)c1nc(CN2CCC(F)(F)CC2)c2ccccn12. The topological polar surface area (TPSA) is 62.5 Å². The van der Waals surface area contributed by atoms with E-state index >= 15 is 0 Å². The molecule has 0 aromatic carbocycles. The van der Waals surface area contributed by atoms with E-state index in [1.54, 1.807) is 24.4 Å². The summed E-state index contributed by atoms with van der Waals surface area (Å²) in [6.07, 6.45) is -2.93. The largest absolute Gasteiger partial charge is 0.417 e. The van der Waals surface area contributed by atoms with Gasteiger partial charge in [-0.15, -0.1) is 0 Å². The van der Waals surface area contributed by atoms with E-state index in [0.29, 0.717) is 23.5 Å². The molecule has 0 spiro atoms. The molecule has 6 nitrogen and oxygen atoms in total. The highest BCUT2D eigenvalue weighted by atomic mass is 35.5. The Balaban J connectivity index is 1.57. The number of nitrogens with zero attached hydrogens (tertiary/aromatic N) is 4. The fraction of sp³-hybridized carbons (Fsp3) is 0.350. The highest BCUT2D eigenvalue weighted by molar-refractivity contribution is 6.33. The van der Waals surface area contributed by atoms with Gasteiger partial charge in [0, 0.05) is 44.9 Å². The average molecular weight is 474 g/mol. The predicted octanol–water partition coefficient (Wildman–Crippen LogP) is 4.88. The van der Waals surface area contributed by atoms with Gasteiger partial charge in [-0.05, 0) is 18.2 Å². The number of hydrogen-bond acceptors (Lipinski definition) is 4. The molecule has 1 fully saturated rings. The zero-order valence-electron chi connectivity index (χ0n) is 16.5. The van der Waals surface area contributed by atoms with E-state index in [4.69, 9.17) is 11.6 Å². The molecular formula is C20H17ClF5N5O. The number of halogens is 6. The van der Waals surface area contributed by atoms with E-state index in [-0.39, 0.29) is 49.1 Å². The molecule has 1 amide bonds. The normalized spacial score (nSPS) is 16.9. The number of carbonyl (C=O) groups is 1. The molecule has 0 bridgehead atoms. The lowest BCUT2D eigenvalue weighted by Gasteiger charge is -2.31. The van der Waals surface area contributed by atoms with Crippen LogP contribution in [0.25, 0.3) is 5.52 Å². The molecule has 1 N–H and O–H groups in total. The van der Waals surface area contributed by atoms with Gasteiger partial charge in [-0.3, -0.25) is 14.1 Å². The van der Waals surface area contributed by atoms with E-state index in [1.807, 2.05) is 4.90 Å². The Morgan fingerprint density at radius 3 is 2.59 bits per heavy atom. The van der Waals surface area contributed by atoms with Crippen LogP contribution in [0.1, 0.15) is 34.7 Å². The maximum absolute atomic E-state index is 13.4. The number of alkyl halides is 5. The van der Waals surface area contributed by atoms with E-state index in [1.165, 1.54) is 4.40 Å². The Bertz CT molecular complexity index is 1150. The Labute approximate surface area is 184 Å². The summed E-state index contributed by atoms with van der Waals surface area (Å²) in [6, 6.07) is 5.84. The van der Waals surface area contributed by atoms with Gasteiger partial charge in [0.15, 0.2) is 5.82 Å². The van der Waals surface area contributed by atoms with E-state index < -0.39 is 23.6 Å². The Hall–Kier alpha value is -2.79. The molecule has 170 valence electrons. The van der Waals surface area contributed by atoms with Crippen molar-refractivity contribution in [3.05, 3.63) is 58.8 Å². The number of amides is 1. The van der Waals surface area contributed by atoms with Gasteiger partial charge in [-0.1, -0.05) is 17.7 Å². The number of pyridine rings is 2. The van der Waals surface area contributed by atoms with Crippen LogP contribution in [-0.4, -0.2) is 44.2 Å². The van der Waals surface area contributed by atoms with Crippen molar-refractivity contribution in [2.75, 3.05) is 18.4 Å². The smallest absolute Gasteiger partial charge is 0.303 e. The fourth-order valence-corrected chi connectivity index (χ4v) is 3.69. The monoisotopic (exact) mass is 473 g/mol. The first kappa shape index (κ1) is 22.4. The average Bonchev–Trinajstić information content (AvgIpc) is 3.09. The van der Waals surface area contributed by atoms with Crippen molar-refractivity contribution >= 4 is 28.8 Å². The minimum absolute atomic E-state index is 0.0318. The maximum atomic E-state index is 13.4. The van der Waals surface area contributed by atoms with Crippen LogP contribution in [0.15, 0.2) is 36.7 Å². The molecule has 1 aliphatic heterocycles. The summed E-state index contributed by atoms with van der Waals surface area (Å²) in [5.74, 6) is -3.67. The third-order valence-electron chi connectivity index (χ3n) is 5.19. The molecule has 0 radical (unpaired) electrons. The van der Waals surface area contributed by atoms with Crippen molar-refractivity contribution in [1.29, 1.82) is 0 Å². The molecular weight excluding hydrogens is 457 g/mol. The van der Waals surface area contributed by atoms with E-state index in [9.17, 15) is 26.7 Å². The Morgan fingerprint density at radius 2 is 1.94 bits per heavy atom. The van der Waals surface area contributed by atoms with E-state index in [0.717, 1.165) is 0 Å². The molecule has 0 aliphatic carbocycles. The van der Waals surface area contributed by atoms with Crippen molar-refractivity contribution in [2.45, 2.75) is 31.5 Å². The zero-order chi connectivity index (χ0) is 23.1. The lowest BCUT2D eigenvalue weighted by atomic mass is 10.1. The molecule has 32 heavy (non-hydrogen) atoms. The fourth-order valence-electron chi connectivity index (χ4n) is 3.48. The second kappa shape index (κ2) is 8.28. The van der Waals surface area contributed by atoms with Crippen molar-refractivity contribution < 1.29 is 26.7 Å².